The number of aryl methyl sites for hydroxylation is 1. The zero-order valence-electron chi connectivity index (χ0n) is 17.3. The highest BCUT2D eigenvalue weighted by Crippen LogP contribution is 2.64. The van der Waals surface area contributed by atoms with Crippen LogP contribution in [0.4, 0.5) is 5.69 Å². The van der Waals surface area contributed by atoms with Gasteiger partial charge in [-0.15, -0.1) is 0 Å². The predicted molar refractivity (Wildman–Crippen MR) is 117 cm³/mol. The molecule has 2 bridgehead atoms. The number of hydrogen-bond donors (Lipinski definition) is 0. The Morgan fingerprint density at radius 3 is 1.90 bits per heavy atom. The number of rotatable bonds is 2. The zero-order valence-corrected chi connectivity index (χ0v) is 17.3. The number of ketones is 1. The van der Waals surface area contributed by atoms with Crippen molar-refractivity contribution in [2.24, 2.45) is 11.8 Å². The van der Waals surface area contributed by atoms with Gasteiger partial charge in [0.1, 0.15) is 5.78 Å². The first kappa shape index (κ1) is 18.3. The number of Topliss-reactive ketones (excluding diaryl/α,β-unsaturated/α-hetero) is 1. The SMILES string of the molecule is CC(=O)C12c3ccccc3C(c3ccccc31)[C@@H]1C(=O)N(c3ccc(C)cc3)C(=O)[C@@H]12. The van der Waals surface area contributed by atoms with Crippen molar-refractivity contribution in [3.63, 3.8) is 0 Å². The number of hydrogen-bond acceptors (Lipinski definition) is 3. The lowest BCUT2D eigenvalue weighted by atomic mass is 9.46. The number of anilines is 1. The molecule has 0 N–H and O–H groups in total. The molecule has 0 aromatic heterocycles. The van der Waals surface area contributed by atoms with E-state index in [4.69, 9.17) is 0 Å². The van der Waals surface area contributed by atoms with Crippen LogP contribution in [0.25, 0.3) is 0 Å². The van der Waals surface area contributed by atoms with Crippen LogP contribution in [-0.2, 0) is 19.8 Å². The van der Waals surface area contributed by atoms with E-state index in [0.29, 0.717) is 5.69 Å². The maximum Gasteiger partial charge on any atom is 0.239 e. The highest BCUT2D eigenvalue weighted by Gasteiger charge is 2.69. The van der Waals surface area contributed by atoms with Crippen LogP contribution in [0.2, 0.25) is 0 Å². The molecule has 0 radical (unpaired) electrons. The van der Waals surface area contributed by atoms with Crippen LogP contribution in [0, 0.1) is 18.8 Å². The molecule has 4 heteroatoms. The average molecular weight is 407 g/mol. The van der Waals surface area contributed by atoms with Crippen molar-refractivity contribution in [2.75, 3.05) is 4.90 Å². The van der Waals surface area contributed by atoms with Gasteiger partial charge in [0.15, 0.2) is 0 Å². The summed E-state index contributed by atoms with van der Waals surface area (Å²) >= 11 is 0. The van der Waals surface area contributed by atoms with E-state index in [-0.39, 0.29) is 23.5 Å². The van der Waals surface area contributed by atoms with Crippen molar-refractivity contribution >= 4 is 23.3 Å². The number of nitrogens with zero attached hydrogens (tertiary/aromatic N) is 1. The molecule has 1 heterocycles. The first-order valence-corrected chi connectivity index (χ1v) is 10.6. The fourth-order valence-corrected chi connectivity index (χ4v) is 6.32. The Morgan fingerprint density at radius 1 is 0.806 bits per heavy atom. The Balaban J connectivity index is 1.67. The number of carbonyl (C=O) groups is 3. The molecule has 0 unspecified atom stereocenters. The highest BCUT2D eigenvalue weighted by atomic mass is 16.2. The van der Waals surface area contributed by atoms with Crippen molar-refractivity contribution in [3.8, 4) is 0 Å². The zero-order chi connectivity index (χ0) is 21.5. The number of carbonyl (C=O) groups excluding carboxylic acids is 3. The first-order chi connectivity index (χ1) is 15.0. The molecular weight excluding hydrogens is 386 g/mol. The van der Waals surface area contributed by atoms with E-state index >= 15 is 0 Å². The second-order valence-corrected chi connectivity index (χ2v) is 8.87. The van der Waals surface area contributed by atoms with Gasteiger partial charge >= 0.3 is 0 Å². The van der Waals surface area contributed by atoms with Crippen LogP contribution >= 0.6 is 0 Å². The Hall–Kier alpha value is -3.53. The van der Waals surface area contributed by atoms with Gasteiger partial charge in [0.2, 0.25) is 11.8 Å². The molecule has 1 aliphatic heterocycles. The lowest BCUT2D eigenvalue weighted by Crippen LogP contribution is -2.57. The van der Waals surface area contributed by atoms with E-state index in [0.717, 1.165) is 27.8 Å². The Kier molecular flexibility index (Phi) is 3.54. The smallest absolute Gasteiger partial charge is 0.239 e. The van der Waals surface area contributed by atoms with Gasteiger partial charge in [-0.25, -0.2) is 4.90 Å². The Morgan fingerprint density at radius 2 is 1.35 bits per heavy atom. The normalized spacial score (nSPS) is 27.7. The molecule has 7 rings (SSSR count). The second-order valence-electron chi connectivity index (χ2n) is 8.87. The largest absolute Gasteiger partial charge is 0.299 e. The molecule has 0 saturated carbocycles. The molecule has 2 atom stereocenters. The monoisotopic (exact) mass is 407 g/mol. The summed E-state index contributed by atoms with van der Waals surface area (Å²) in [5.74, 6) is -2.12. The van der Waals surface area contributed by atoms with Crippen LogP contribution in [0.15, 0.2) is 72.8 Å². The number of imide groups is 1. The summed E-state index contributed by atoms with van der Waals surface area (Å²) in [4.78, 5) is 42.5. The van der Waals surface area contributed by atoms with Crippen LogP contribution in [0.5, 0.6) is 0 Å². The molecule has 1 saturated heterocycles. The molecular formula is C27H21NO3. The van der Waals surface area contributed by atoms with Crippen molar-refractivity contribution in [1.82, 2.24) is 0 Å². The van der Waals surface area contributed by atoms with Gasteiger partial charge in [-0.05, 0) is 48.2 Å². The van der Waals surface area contributed by atoms with E-state index in [1.807, 2.05) is 79.7 Å². The quantitative estimate of drug-likeness (QED) is 0.600. The van der Waals surface area contributed by atoms with Crippen LogP contribution in [0.1, 0.15) is 40.7 Å². The third-order valence-electron chi connectivity index (χ3n) is 7.47. The molecule has 0 spiro atoms. The topological polar surface area (TPSA) is 54.5 Å². The van der Waals surface area contributed by atoms with Crippen LogP contribution < -0.4 is 4.90 Å². The minimum absolute atomic E-state index is 0.0903. The van der Waals surface area contributed by atoms with Crippen molar-refractivity contribution in [3.05, 3.63) is 101 Å². The summed E-state index contributed by atoms with van der Waals surface area (Å²) in [6, 6.07) is 23.1. The van der Waals surface area contributed by atoms with E-state index in [1.165, 1.54) is 4.90 Å². The molecule has 2 amide bonds. The standard InChI is InChI=1S/C27H21NO3/c1-15-11-13-17(14-12-15)28-25(30)23-22-18-7-3-5-9-20(18)27(16(2)29,24(23)26(28)31)21-10-6-4-8-19(21)22/h3-14,22-24H,1-2H3/t22?,23-,24+,27?/m0/s1. The van der Waals surface area contributed by atoms with E-state index in [1.54, 1.807) is 6.92 Å². The van der Waals surface area contributed by atoms with Crippen LogP contribution in [0.3, 0.4) is 0 Å². The molecule has 3 aliphatic carbocycles. The average Bonchev–Trinajstić information content (AvgIpc) is 3.05. The summed E-state index contributed by atoms with van der Waals surface area (Å²) in [7, 11) is 0. The number of amides is 2. The molecule has 152 valence electrons. The second kappa shape index (κ2) is 6.01. The molecule has 1 fully saturated rings. The third-order valence-corrected chi connectivity index (χ3v) is 7.47. The highest BCUT2D eigenvalue weighted by molar-refractivity contribution is 6.25. The summed E-state index contributed by atoms with van der Waals surface area (Å²) in [5, 5.41) is 0. The van der Waals surface area contributed by atoms with Gasteiger partial charge in [-0.2, -0.15) is 0 Å². The van der Waals surface area contributed by atoms with Crippen molar-refractivity contribution in [1.29, 1.82) is 0 Å². The molecule has 4 aliphatic rings. The fourth-order valence-electron chi connectivity index (χ4n) is 6.32. The Bertz CT molecular complexity index is 1240. The minimum atomic E-state index is -1.14. The Labute approximate surface area is 180 Å². The van der Waals surface area contributed by atoms with Crippen molar-refractivity contribution < 1.29 is 14.4 Å². The van der Waals surface area contributed by atoms with Crippen LogP contribution in [-0.4, -0.2) is 17.6 Å². The van der Waals surface area contributed by atoms with E-state index < -0.39 is 17.3 Å². The van der Waals surface area contributed by atoms with Gasteiger partial charge in [0.05, 0.1) is 22.9 Å². The van der Waals surface area contributed by atoms with Crippen molar-refractivity contribution in [2.45, 2.75) is 25.2 Å². The minimum Gasteiger partial charge on any atom is -0.299 e. The summed E-state index contributed by atoms with van der Waals surface area (Å²) in [5.41, 5.74) is 4.22. The lowest BCUT2D eigenvalue weighted by molar-refractivity contribution is -0.132. The fraction of sp³-hybridized carbons (Fsp3) is 0.222. The van der Waals surface area contributed by atoms with E-state index in [2.05, 4.69) is 0 Å². The number of benzene rings is 3. The van der Waals surface area contributed by atoms with Gasteiger partial charge in [0, 0.05) is 5.92 Å². The van der Waals surface area contributed by atoms with Gasteiger partial charge in [-0.1, -0.05) is 66.2 Å². The molecule has 31 heavy (non-hydrogen) atoms. The predicted octanol–water partition coefficient (Wildman–Crippen LogP) is 4.13. The summed E-state index contributed by atoms with van der Waals surface area (Å²) in [6.07, 6.45) is 0. The maximum absolute atomic E-state index is 13.9. The summed E-state index contributed by atoms with van der Waals surface area (Å²) < 4.78 is 0. The lowest BCUT2D eigenvalue weighted by Gasteiger charge is -2.52. The maximum atomic E-state index is 13.9. The first-order valence-electron chi connectivity index (χ1n) is 10.6. The molecule has 3 aromatic rings. The molecule has 4 nitrogen and oxygen atoms in total. The third kappa shape index (κ3) is 2.03. The molecule has 3 aromatic carbocycles. The van der Waals surface area contributed by atoms with Gasteiger partial charge in [0.25, 0.3) is 0 Å². The van der Waals surface area contributed by atoms with Gasteiger partial charge in [-0.3, -0.25) is 14.4 Å². The van der Waals surface area contributed by atoms with E-state index in [9.17, 15) is 14.4 Å². The summed E-state index contributed by atoms with van der Waals surface area (Å²) in [6.45, 7) is 3.53. The van der Waals surface area contributed by atoms with Gasteiger partial charge < -0.3 is 0 Å².